The number of ketones is 3. The van der Waals surface area contributed by atoms with Gasteiger partial charge in [-0.15, -0.1) is 0 Å². The summed E-state index contributed by atoms with van der Waals surface area (Å²) in [5.41, 5.74) is -5.78. The van der Waals surface area contributed by atoms with Gasteiger partial charge in [0, 0.05) is 0 Å². The Hall–Kier alpha value is -0.670. The van der Waals surface area contributed by atoms with Crippen LogP contribution in [0.1, 0.15) is 20.8 Å². The molecule has 0 spiro atoms. The maximum Gasteiger partial charge on any atom is 0.220 e. The number of Topliss-reactive ketones (excluding diaryl/α,β-unsaturated/α-hetero) is 3. The van der Waals surface area contributed by atoms with Crippen LogP contribution in [0.25, 0.3) is 0 Å². The fourth-order valence-electron chi connectivity index (χ4n) is 2.25. The molecule has 1 saturated heterocycles. The zero-order valence-electron chi connectivity index (χ0n) is 10.6. The Bertz CT molecular complexity index is 450. The highest BCUT2D eigenvalue weighted by atomic mass is 79.9. The van der Waals surface area contributed by atoms with Crippen molar-refractivity contribution in [3.05, 3.63) is 0 Å². The van der Waals surface area contributed by atoms with Gasteiger partial charge in [-0.2, -0.15) is 0 Å². The summed E-state index contributed by atoms with van der Waals surface area (Å²) in [6, 6.07) is 0. The van der Waals surface area contributed by atoms with Crippen molar-refractivity contribution in [2.75, 3.05) is 6.61 Å². The Labute approximate surface area is 117 Å². The lowest BCUT2D eigenvalue weighted by molar-refractivity contribution is -0.272. The minimum absolute atomic E-state index is 0.601. The highest BCUT2D eigenvalue weighted by Gasteiger charge is 2.74. The molecule has 8 heteroatoms. The van der Waals surface area contributed by atoms with Crippen molar-refractivity contribution in [2.24, 2.45) is 0 Å². The van der Waals surface area contributed by atoms with Crippen LogP contribution in [0.5, 0.6) is 0 Å². The Morgan fingerprint density at radius 3 is 1.89 bits per heavy atom. The van der Waals surface area contributed by atoms with E-state index in [0.29, 0.717) is 0 Å². The first-order valence-electron chi connectivity index (χ1n) is 5.45. The lowest BCUT2D eigenvalue weighted by Gasteiger charge is -2.53. The van der Waals surface area contributed by atoms with E-state index in [0.717, 1.165) is 20.8 Å². The fraction of sp³-hybridized carbons (Fsp3) is 0.727. The van der Waals surface area contributed by atoms with Crippen molar-refractivity contribution >= 4 is 33.3 Å². The van der Waals surface area contributed by atoms with Crippen LogP contribution < -0.4 is 0 Å². The molecular formula is C11H15BrO7. The molecule has 1 heterocycles. The van der Waals surface area contributed by atoms with E-state index in [2.05, 4.69) is 15.9 Å². The first-order chi connectivity index (χ1) is 8.46. The van der Waals surface area contributed by atoms with Gasteiger partial charge in [0.05, 0.1) is 6.61 Å². The first kappa shape index (κ1) is 16.4. The summed E-state index contributed by atoms with van der Waals surface area (Å²) in [4.78, 5) is 35.1. The molecule has 1 aliphatic rings. The Balaban J connectivity index is 3.65. The summed E-state index contributed by atoms with van der Waals surface area (Å²) < 4.78 is 2.70. The van der Waals surface area contributed by atoms with E-state index < -0.39 is 45.8 Å². The summed E-state index contributed by atoms with van der Waals surface area (Å²) in [7, 11) is 0. The van der Waals surface area contributed by atoms with Crippen LogP contribution in [0.2, 0.25) is 0 Å². The van der Waals surface area contributed by atoms with E-state index in [1.807, 2.05) is 0 Å². The molecule has 0 amide bonds. The van der Waals surface area contributed by atoms with Crippen LogP contribution in [-0.2, 0) is 19.1 Å². The Kier molecular flexibility index (Phi) is 4.06. The van der Waals surface area contributed by atoms with E-state index in [1.54, 1.807) is 0 Å². The van der Waals surface area contributed by atoms with Crippen LogP contribution >= 0.6 is 15.9 Å². The molecule has 0 bridgehead atoms. The van der Waals surface area contributed by atoms with Crippen LogP contribution in [0.15, 0.2) is 0 Å². The average Bonchev–Trinajstić information content (AvgIpc) is 2.30. The molecule has 1 rings (SSSR count). The van der Waals surface area contributed by atoms with Crippen molar-refractivity contribution in [1.29, 1.82) is 0 Å². The van der Waals surface area contributed by atoms with Gasteiger partial charge in [0.2, 0.25) is 10.1 Å². The summed E-state index contributed by atoms with van der Waals surface area (Å²) in [5, 5.41) is 30.6. The molecule has 19 heavy (non-hydrogen) atoms. The molecule has 1 aliphatic heterocycles. The lowest BCUT2D eigenvalue weighted by Crippen LogP contribution is -2.81. The highest BCUT2D eigenvalue weighted by molar-refractivity contribution is 9.10. The second-order valence-electron chi connectivity index (χ2n) is 4.57. The minimum atomic E-state index is -2.94. The van der Waals surface area contributed by atoms with E-state index in [4.69, 9.17) is 4.74 Å². The summed E-state index contributed by atoms with van der Waals surface area (Å²) in [5.74, 6) is -2.96. The molecule has 0 aromatic rings. The number of halogens is 1. The third-order valence-corrected chi connectivity index (χ3v) is 4.80. The Morgan fingerprint density at radius 1 is 1.11 bits per heavy atom. The number of aliphatic hydroxyl groups excluding tert-OH is 1. The van der Waals surface area contributed by atoms with Crippen molar-refractivity contribution in [1.82, 2.24) is 0 Å². The highest BCUT2D eigenvalue weighted by Crippen LogP contribution is 2.47. The molecule has 7 nitrogen and oxygen atoms in total. The van der Waals surface area contributed by atoms with E-state index >= 15 is 0 Å². The predicted molar refractivity (Wildman–Crippen MR) is 65.6 cm³/mol. The number of carbonyl (C=O) groups is 3. The number of hydrogen-bond acceptors (Lipinski definition) is 7. The summed E-state index contributed by atoms with van der Waals surface area (Å²) >= 11 is 2.79. The van der Waals surface area contributed by atoms with Gasteiger partial charge in [0.1, 0.15) is 6.10 Å². The molecule has 1 fully saturated rings. The van der Waals surface area contributed by atoms with Gasteiger partial charge in [-0.1, -0.05) is 0 Å². The lowest BCUT2D eigenvalue weighted by atomic mass is 9.68. The van der Waals surface area contributed by atoms with Gasteiger partial charge >= 0.3 is 0 Å². The smallest absolute Gasteiger partial charge is 0.220 e. The number of hydrogen-bond donors (Lipinski definition) is 3. The van der Waals surface area contributed by atoms with Gasteiger partial charge in [0.25, 0.3) is 0 Å². The molecule has 0 saturated carbocycles. The SMILES string of the molecule is CC(=O)C1(Br)OC[C@@H](O)[C@@](O)(C(C)=O)[C@]1(O)C(C)=O. The second-order valence-corrected chi connectivity index (χ2v) is 5.68. The van der Waals surface area contributed by atoms with Crippen LogP contribution in [-0.4, -0.2) is 61.1 Å². The molecule has 108 valence electrons. The number of carbonyl (C=O) groups excluding carboxylic acids is 3. The summed E-state index contributed by atoms with van der Waals surface area (Å²) in [6.45, 7) is 2.20. The molecule has 0 aromatic heterocycles. The largest absolute Gasteiger partial charge is 0.387 e. The van der Waals surface area contributed by atoms with E-state index in [9.17, 15) is 29.7 Å². The maximum atomic E-state index is 11.8. The second kappa shape index (κ2) is 4.71. The molecule has 0 radical (unpaired) electrons. The monoisotopic (exact) mass is 338 g/mol. The standard InChI is InChI=1S/C11H15BrO7/c1-5(13)9(17)8(16)4-19-11(12,7(3)15)10(9,18)6(2)14/h8,16-18H,4H2,1-3H3/t8-,9+,10-,11?/m1/s1. The molecule has 1 unspecified atom stereocenters. The van der Waals surface area contributed by atoms with Gasteiger partial charge in [-0.3, -0.25) is 14.4 Å². The number of rotatable bonds is 3. The Morgan fingerprint density at radius 2 is 1.58 bits per heavy atom. The average molecular weight is 339 g/mol. The van der Waals surface area contributed by atoms with Crippen LogP contribution in [0.4, 0.5) is 0 Å². The molecule has 0 aromatic carbocycles. The van der Waals surface area contributed by atoms with Gasteiger partial charge in [0.15, 0.2) is 23.0 Å². The zero-order valence-corrected chi connectivity index (χ0v) is 12.2. The van der Waals surface area contributed by atoms with Crippen molar-refractivity contribution in [3.63, 3.8) is 0 Å². The quantitative estimate of drug-likeness (QED) is 0.546. The molecule has 3 N–H and O–H groups in total. The topological polar surface area (TPSA) is 121 Å². The van der Waals surface area contributed by atoms with Gasteiger partial charge in [-0.25, -0.2) is 0 Å². The van der Waals surface area contributed by atoms with Gasteiger partial charge < -0.3 is 20.1 Å². The first-order valence-corrected chi connectivity index (χ1v) is 6.24. The van der Waals surface area contributed by atoms with E-state index in [-0.39, 0.29) is 0 Å². The minimum Gasteiger partial charge on any atom is -0.387 e. The zero-order chi connectivity index (χ0) is 15.2. The third-order valence-electron chi connectivity index (χ3n) is 3.44. The molecular weight excluding hydrogens is 324 g/mol. The maximum absolute atomic E-state index is 11.8. The van der Waals surface area contributed by atoms with Crippen molar-refractivity contribution in [3.8, 4) is 0 Å². The number of alkyl halides is 1. The third kappa shape index (κ3) is 1.82. The summed E-state index contributed by atoms with van der Waals surface area (Å²) in [6.07, 6.45) is -1.84. The van der Waals surface area contributed by atoms with E-state index in [1.165, 1.54) is 0 Å². The predicted octanol–water partition coefficient (Wildman–Crippen LogP) is -1.30. The number of aliphatic hydroxyl groups is 3. The molecule has 4 atom stereocenters. The van der Waals surface area contributed by atoms with Crippen LogP contribution in [0, 0.1) is 0 Å². The van der Waals surface area contributed by atoms with Crippen LogP contribution in [0.3, 0.4) is 0 Å². The van der Waals surface area contributed by atoms with Gasteiger partial charge in [-0.05, 0) is 36.7 Å². The van der Waals surface area contributed by atoms with Crippen molar-refractivity contribution in [2.45, 2.75) is 42.6 Å². The molecule has 0 aliphatic carbocycles. The normalized spacial score (nSPS) is 42.8. The number of ether oxygens (including phenoxy) is 1. The van der Waals surface area contributed by atoms with Crippen molar-refractivity contribution < 1.29 is 34.4 Å². The fourth-order valence-corrected chi connectivity index (χ4v) is 2.96.